The van der Waals surface area contributed by atoms with Gasteiger partial charge >= 0.3 is 17.6 Å². The zero-order valence-electron chi connectivity index (χ0n) is 12.4. The average molecular weight is 297 g/mol. The van der Waals surface area contributed by atoms with Crippen molar-refractivity contribution in [3.05, 3.63) is 6.33 Å². The molecule has 2 aromatic rings. The van der Waals surface area contributed by atoms with Gasteiger partial charge in [0.15, 0.2) is 12.1 Å². The molecule has 0 amide bonds. The van der Waals surface area contributed by atoms with E-state index >= 15 is 0 Å². The van der Waals surface area contributed by atoms with Crippen molar-refractivity contribution in [1.29, 1.82) is 0 Å². The first-order valence-electron chi connectivity index (χ1n) is 6.73. The average Bonchev–Trinajstić information content (AvgIpc) is 2.94. The molecular weight excluding hydrogens is 276 g/mol. The first kappa shape index (κ1) is 15.4. The van der Waals surface area contributed by atoms with Gasteiger partial charge < -0.3 is 25.3 Å². The molecule has 0 aliphatic carbocycles. The summed E-state index contributed by atoms with van der Waals surface area (Å²) in [4.78, 5) is 14.3. The number of rotatable bonds is 8. The second kappa shape index (κ2) is 6.66. The van der Waals surface area contributed by atoms with Crippen molar-refractivity contribution >= 4 is 22.9 Å². The number of anilines is 2. The Labute approximate surface area is 122 Å². The number of nitrogens with zero attached hydrogens (tertiary/aromatic N) is 2. The van der Waals surface area contributed by atoms with Gasteiger partial charge in [0.2, 0.25) is 5.52 Å². The van der Waals surface area contributed by atoms with E-state index in [1.165, 1.54) is 7.11 Å². The van der Waals surface area contributed by atoms with Gasteiger partial charge in [-0.15, -0.1) is 0 Å². The van der Waals surface area contributed by atoms with Crippen molar-refractivity contribution < 1.29 is 19.2 Å². The SMILES string of the molecule is CCOC(CNc1nc(N)c2[nH]c[nH+]c2n1)(OC)OCC. The van der Waals surface area contributed by atoms with E-state index in [1.54, 1.807) is 6.33 Å². The summed E-state index contributed by atoms with van der Waals surface area (Å²) in [7, 11) is 1.52. The zero-order chi connectivity index (χ0) is 15.3. The van der Waals surface area contributed by atoms with E-state index in [2.05, 4.69) is 25.3 Å². The van der Waals surface area contributed by atoms with Crippen LogP contribution in [0.1, 0.15) is 13.8 Å². The normalized spacial score (nSPS) is 12.0. The fourth-order valence-electron chi connectivity index (χ4n) is 1.94. The summed E-state index contributed by atoms with van der Waals surface area (Å²) < 4.78 is 16.4. The maximum atomic E-state index is 5.85. The van der Waals surface area contributed by atoms with Crippen LogP contribution in [-0.2, 0) is 14.2 Å². The Bertz CT molecular complexity index is 581. The fourth-order valence-corrected chi connectivity index (χ4v) is 1.94. The van der Waals surface area contributed by atoms with Crippen LogP contribution in [0.3, 0.4) is 0 Å². The Morgan fingerprint density at radius 1 is 1.33 bits per heavy atom. The molecule has 0 radical (unpaired) electrons. The Balaban J connectivity index is 2.14. The number of nitrogens with one attached hydrogen (secondary N) is 3. The highest BCUT2D eigenvalue weighted by molar-refractivity contribution is 5.79. The van der Waals surface area contributed by atoms with Gasteiger partial charge in [0, 0.05) is 20.3 Å². The molecule has 0 atom stereocenters. The maximum absolute atomic E-state index is 5.85. The zero-order valence-corrected chi connectivity index (χ0v) is 12.4. The molecule has 0 aliphatic heterocycles. The molecule has 0 spiro atoms. The number of H-pyrrole nitrogens is 2. The molecule has 2 rings (SSSR count). The van der Waals surface area contributed by atoms with Crippen LogP contribution >= 0.6 is 0 Å². The second-order valence-electron chi connectivity index (χ2n) is 4.20. The van der Waals surface area contributed by atoms with Gasteiger partial charge in [-0.2, -0.15) is 4.98 Å². The second-order valence-corrected chi connectivity index (χ2v) is 4.20. The van der Waals surface area contributed by atoms with Gasteiger partial charge in [-0.05, 0) is 13.8 Å². The molecule has 0 saturated carbocycles. The predicted octanol–water partition coefficient (Wildman–Crippen LogP) is 0.139. The van der Waals surface area contributed by atoms with E-state index in [4.69, 9.17) is 19.9 Å². The Kier molecular flexibility index (Phi) is 4.89. The van der Waals surface area contributed by atoms with Crippen LogP contribution in [0.25, 0.3) is 11.2 Å². The highest BCUT2D eigenvalue weighted by Crippen LogP contribution is 2.17. The molecule has 9 nitrogen and oxygen atoms in total. The highest BCUT2D eigenvalue weighted by Gasteiger charge is 2.32. The van der Waals surface area contributed by atoms with E-state index in [9.17, 15) is 0 Å². The number of aromatic nitrogens is 4. The van der Waals surface area contributed by atoms with Gasteiger partial charge in [0.05, 0.1) is 0 Å². The van der Waals surface area contributed by atoms with Crippen molar-refractivity contribution in [3.8, 4) is 0 Å². The van der Waals surface area contributed by atoms with E-state index in [0.717, 1.165) is 0 Å². The topological polar surface area (TPSA) is 121 Å². The molecular formula is C12H21N6O3+. The van der Waals surface area contributed by atoms with Crippen molar-refractivity contribution in [2.75, 3.05) is 37.9 Å². The lowest BCUT2D eigenvalue weighted by Gasteiger charge is -2.30. The van der Waals surface area contributed by atoms with Crippen LogP contribution in [0.4, 0.5) is 11.8 Å². The first-order valence-corrected chi connectivity index (χ1v) is 6.73. The minimum atomic E-state index is -1.18. The smallest absolute Gasteiger partial charge is 0.307 e. The van der Waals surface area contributed by atoms with Gasteiger partial charge in [-0.3, -0.25) is 4.98 Å². The van der Waals surface area contributed by atoms with Crippen molar-refractivity contribution in [3.63, 3.8) is 0 Å². The lowest BCUT2D eigenvalue weighted by Crippen LogP contribution is -2.45. The molecule has 0 unspecified atom stereocenters. The van der Waals surface area contributed by atoms with Gasteiger partial charge in [-0.25, -0.2) is 4.98 Å². The number of hydrogen-bond acceptors (Lipinski definition) is 7. The molecule has 5 N–H and O–H groups in total. The van der Waals surface area contributed by atoms with Crippen LogP contribution in [-0.4, -0.2) is 47.8 Å². The molecule has 116 valence electrons. The largest absolute Gasteiger partial charge is 0.380 e. The van der Waals surface area contributed by atoms with Crippen LogP contribution in [0, 0.1) is 0 Å². The Morgan fingerprint density at radius 3 is 2.67 bits per heavy atom. The monoisotopic (exact) mass is 297 g/mol. The summed E-state index contributed by atoms with van der Waals surface area (Å²) >= 11 is 0. The minimum Gasteiger partial charge on any atom is -0.380 e. The molecule has 2 aromatic heterocycles. The third-order valence-electron chi connectivity index (χ3n) is 2.86. The predicted molar refractivity (Wildman–Crippen MR) is 76.3 cm³/mol. The third kappa shape index (κ3) is 3.38. The van der Waals surface area contributed by atoms with Crippen LogP contribution in [0.15, 0.2) is 6.33 Å². The number of fused-ring (bicyclic) bond motifs is 1. The maximum Gasteiger partial charge on any atom is 0.307 e. The number of nitrogen functional groups attached to an aromatic ring is 1. The number of aromatic amines is 2. The van der Waals surface area contributed by atoms with Crippen molar-refractivity contribution in [2.45, 2.75) is 19.8 Å². The number of nitrogens with two attached hydrogens (primary N) is 1. The van der Waals surface area contributed by atoms with Crippen molar-refractivity contribution in [2.24, 2.45) is 0 Å². The van der Waals surface area contributed by atoms with Crippen LogP contribution < -0.4 is 16.0 Å². The van der Waals surface area contributed by atoms with E-state index < -0.39 is 5.97 Å². The first-order chi connectivity index (χ1) is 10.1. The summed E-state index contributed by atoms with van der Waals surface area (Å²) in [6.45, 7) is 4.84. The molecule has 0 aliphatic rings. The number of hydrogen-bond donors (Lipinski definition) is 3. The lowest BCUT2D eigenvalue weighted by molar-refractivity contribution is -0.360. The van der Waals surface area contributed by atoms with Crippen molar-refractivity contribution in [1.82, 2.24) is 15.0 Å². The molecule has 21 heavy (non-hydrogen) atoms. The molecule has 0 saturated heterocycles. The lowest BCUT2D eigenvalue weighted by atomic mass is 10.5. The number of imidazole rings is 1. The summed E-state index contributed by atoms with van der Waals surface area (Å²) in [6.07, 6.45) is 1.64. The molecule has 9 heteroatoms. The van der Waals surface area contributed by atoms with Crippen LogP contribution in [0.2, 0.25) is 0 Å². The highest BCUT2D eigenvalue weighted by atomic mass is 16.9. The number of ether oxygens (including phenoxy) is 3. The minimum absolute atomic E-state index is 0.223. The third-order valence-corrected chi connectivity index (χ3v) is 2.86. The number of methoxy groups -OCH3 is 1. The molecule has 2 heterocycles. The van der Waals surface area contributed by atoms with E-state index in [1.807, 2.05) is 13.8 Å². The van der Waals surface area contributed by atoms with Crippen LogP contribution in [0.5, 0.6) is 0 Å². The van der Waals surface area contributed by atoms with Gasteiger partial charge in [0.25, 0.3) is 0 Å². The quantitative estimate of drug-likeness (QED) is 0.592. The molecule has 0 aromatic carbocycles. The summed E-state index contributed by atoms with van der Waals surface area (Å²) in [5, 5.41) is 3.02. The standard InChI is InChI=1S/C12H20N6O3/c1-4-20-12(19-3,21-5-2)6-14-11-17-9(13)8-10(18-11)16-7-15-8/h7H,4-6H2,1-3H3,(H4,13,14,15,16,17,18)/p+1. The summed E-state index contributed by atoms with van der Waals surface area (Å²) in [5.74, 6) is -0.477. The Hall–Kier alpha value is -1.97. The fraction of sp³-hybridized carbons (Fsp3) is 0.583. The van der Waals surface area contributed by atoms with Gasteiger partial charge in [-0.1, -0.05) is 4.98 Å². The molecule has 0 bridgehead atoms. The van der Waals surface area contributed by atoms with E-state index in [0.29, 0.717) is 36.1 Å². The molecule has 0 fully saturated rings. The van der Waals surface area contributed by atoms with E-state index in [-0.39, 0.29) is 6.54 Å². The summed E-state index contributed by atoms with van der Waals surface area (Å²) in [6, 6.07) is 0. The Morgan fingerprint density at radius 2 is 2.05 bits per heavy atom. The van der Waals surface area contributed by atoms with Gasteiger partial charge in [0.1, 0.15) is 6.54 Å². The summed E-state index contributed by atoms with van der Waals surface area (Å²) in [5.41, 5.74) is 7.13.